The molecule has 1 unspecified atom stereocenters. The number of thiophene rings is 1. The van der Waals surface area contributed by atoms with Crippen molar-refractivity contribution in [1.82, 2.24) is 5.32 Å². The molecule has 1 aliphatic rings. The number of ether oxygens (including phenoxy) is 1. The second-order valence-corrected chi connectivity index (χ2v) is 5.22. The minimum absolute atomic E-state index is 0.537. The van der Waals surface area contributed by atoms with Crippen molar-refractivity contribution in [1.29, 1.82) is 0 Å². The van der Waals surface area contributed by atoms with Crippen molar-refractivity contribution < 1.29 is 4.74 Å². The normalized spacial score (nSPS) is 19.8. The Hall–Kier alpha value is -0.380. The molecule has 0 amide bonds. The van der Waals surface area contributed by atoms with E-state index in [1.165, 1.54) is 24.8 Å². The molecule has 1 saturated heterocycles. The first-order chi connectivity index (χ1) is 7.92. The van der Waals surface area contributed by atoms with Gasteiger partial charge in [-0.3, -0.25) is 0 Å². The highest BCUT2D eigenvalue weighted by Gasteiger charge is 2.24. The Morgan fingerprint density at radius 2 is 2.31 bits per heavy atom. The van der Waals surface area contributed by atoms with Gasteiger partial charge in [0.15, 0.2) is 0 Å². The van der Waals surface area contributed by atoms with Crippen LogP contribution < -0.4 is 5.32 Å². The van der Waals surface area contributed by atoms with Crippen LogP contribution in [0.15, 0.2) is 16.8 Å². The van der Waals surface area contributed by atoms with E-state index < -0.39 is 0 Å². The Kier molecular flexibility index (Phi) is 4.82. The van der Waals surface area contributed by atoms with E-state index in [-0.39, 0.29) is 0 Å². The van der Waals surface area contributed by atoms with Gasteiger partial charge in [-0.15, -0.1) is 0 Å². The fourth-order valence-corrected chi connectivity index (χ4v) is 3.05. The van der Waals surface area contributed by atoms with Gasteiger partial charge < -0.3 is 10.1 Å². The summed E-state index contributed by atoms with van der Waals surface area (Å²) < 4.78 is 5.45. The minimum Gasteiger partial charge on any atom is -0.381 e. The molecule has 3 heteroatoms. The zero-order valence-electron chi connectivity index (χ0n) is 9.95. The van der Waals surface area contributed by atoms with E-state index in [9.17, 15) is 0 Å². The summed E-state index contributed by atoms with van der Waals surface area (Å²) >= 11 is 1.79. The lowest BCUT2D eigenvalue weighted by atomic mass is 9.88. The van der Waals surface area contributed by atoms with E-state index in [1.807, 2.05) is 0 Å². The molecule has 1 atom stereocenters. The van der Waals surface area contributed by atoms with E-state index in [1.54, 1.807) is 11.3 Å². The van der Waals surface area contributed by atoms with E-state index in [0.29, 0.717) is 6.04 Å². The van der Waals surface area contributed by atoms with Crippen LogP contribution in [0.4, 0.5) is 0 Å². The molecule has 1 fully saturated rings. The van der Waals surface area contributed by atoms with Gasteiger partial charge in [0, 0.05) is 19.3 Å². The summed E-state index contributed by atoms with van der Waals surface area (Å²) in [6.45, 7) is 5.19. The lowest BCUT2D eigenvalue weighted by molar-refractivity contribution is 0.0537. The number of hydrogen-bond acceptors (Lipinski definition) is 3. The van der Waals surface area contributed by atoms with E-state index >= 15 is 0 Å². The smallest absolute Gasteiger partial charge is 0.0469 e. The van der Waals surface area contributed by atoms with Gasteiger partial charge >= 0.3 is 0 Å². The fourth-order valence-electron chi connectivity index (χ4n) is 2.36. The quantitative estimate of drug-likeness (QED) is 0.852. The zero-order valence-corrected chi connectivity index (χ0v) is 10.8. The van der Waals surface area contributed by atoms with Crippen molar-refractivity contribution in [3.8, 4) is 0 Å². The van der Waals surface area contributed by atoms with Crippen LogP contribution in [0.25, 0.3) is 0 Å². The van der Waals surface area contributed by atoms with Gasteiger partial charge in [-0.25, -0.2) is 0 Å². The van der Waals surface area contributed by atoms with Gasteiger partial charge in [0.25, 0.3) is 0 Å². The third kappa shape index (κ3) is 3.06. The molecular formula is C13H21NOS. The zero-order chi connectivity index (χ0) is 11.2. The maximum atomic E-state index is 5.45. The molecule has 0 radical (unpaired) electrons. The van der Waals surface area contributed by atoms with Crippen molar-refractivity contribution in [3.05, 3.63) is 22.4 Å². The minimum atomic E-state index is 0.537. The summed E-state index contributed by atoms with van der Waals surface area (Å²) in [5, 5.41) is 8.15. The van der Waals surface area contributed by atoms with Crippen LogP contribution in [0.2, 0.25) is 0 Å². The summed E-state index contributed by atoms with van der Waals surface area (Å²) in [6.07, 6.45) is 3.58. The Morgan fingerprint density at radius 1 is 1.50 bits per heavy atom. The van der Waals surface area contributed by atoms with Crippen molar-refractivity contribution >= 4 is 11.3 Å². The lowest BCUT2D eigenvalue weighted by Crippen LogP contribution is -2.32. The van der Waals surface area contributed by atoms with Crippen molar-refractivity contribution in [2.45, 2.75) is 32.2 Å². The summed E-state index contributed by atoms with van der Waals surface area (Å²) in [6, 6.07) is 2.79. The largest absolute Gasteiger partial charge is 0.381 e. The van der Waals surface area contributed by atoms with Crippen LogP contribution in [0.3, 0.4) is 0 Å². The van der Waals surface area contributed by atoms with Gasteiger partial charge in [-0.2, -0.15) is 11.3 Å². The molecular weight excluding hydrogens is 218 g/mol. The van der Waals surface area contributed by atoms with Crippen LogP contribution in [0.1, 0.15) is 37.8 Å². The monoisotopic (exact) mass is 239 g/mol. The molecule has 1 aromatic rings. The maximum absolute atomic E-state index is 5.45. The standard InChI is InChI=1S/C13H21NOS/c1-2-6-14-13(12-5-9-16-10-12)11-3-7-15-8-4-11/h5,9-11,13-14H,2-4,6-8H2,1H3. The Balaban J connectivity index is 2.01. The van der Waals surface area contributed by atoms with E-state index in [2.05, 4.69) is 29.1 Å². The third-order valence-electron chi connectivity index (χ3n) is 3.25. The van der Waals surface area contributed by atoms with Crippen LogP contribution in [0.5, 0.6) is 0 Å². The first-order valence-electron chi connectivity index (χ1n) is 6.25. The molecule has 90 valence electrons. The summed E-state index contributed by atoms with van der Waals surface area (Å²) in [7, 11) is 0. The second-order valence-electron chi connectivity index (χ2n) is 4.44. The molecule has 0 aliphatic carbocycles. The highest BCUT2D eigenvalue weighted by Crippen LogP contribution is 2.31. The SMILES string of the molecule is CCCNC(c1ccsc1)C1CCOCC1. The fraction of sp³-hybridized carbons (Fsp3) is 0.692. The molecule has 1 aromatic heterocycles. The molecule has 0 spiro atoms. The molecule has 2 heterocycles. The maximum Gasteiger partial charge on any atom is 0.0469 e. The molecule has 1 aliphatic heterocycles. The topological polar surface area (TPSA) is 21.3 Å². The lowest BCUT2D eigenvalue weighted by Gasteiger charge is -2.30. The third-order valence-corrected chi connectivity index (χ3v) is 3.96. The highest BCUT2D eigenvalue weighted by atomic mass is 32.1. The van der Waals surface area contributed by atoms with Crippen molar-refractivity contribution in [3.63, 3.8) is 0 Å². The Morgan fingerprint density at radius 3 is 2.94 bits per heavy atom. The first kappa shape index (κ1) is 12.1. The molecule has 16 heavy (non-hydrogen) atoms. The second kappa shape index (κ2) is 6.38. The highest BCUT2D eigenvalue weighted by molar-refractivity contribution is 7.07. The molecule has 0 saturated carbocycles. The molecule has 0 bridgehead atoms. The average molecular weight is 239 g/mol. The van der Waals surface area contributed by atoms with Gasteiger partial charge in [0.1, 0.15) is 0 Å². The molecule has 2 nitrogen and oxygen atoms in total. The number of hydrogen-bond donors (Lipinski definition) is 1. The number of nitrogens with one attached hydrogen (secondary N) is 1. The molecule has 2 rings (SSSR count). The number of rotatable bonds is 5. The van der Waals surface area contributed by atoms with E-state index in [4.69, 9.17) is 4.74 Å². The van der Waals surface area contributed by atoms with Gasteiger partial charge in [-0.1, -0.05) is 6.92 Å². The van der Waals surface area contributed by atoms with Gasteiger partial charge in [0.05, 0.1) is 0 Å². The Bertz CT molecular complexity index is 280. The molecule has 1 N–H and O–H groups in total. The van der Waals surface area contributed by atoms with Gasteiger partial charge in [0.2, 0.25) is 0 Å². The molecule has 0 aromatic carbocycles. The van der Waals surface area contributed by atoms with Crippen LogP contribution in [-0.2, 0) is 4.74 Å². The van der Waals surface area contributed by atoms with Crippen molar-refractivity contribution in [2.75, 3.05) is 19.8 Å². The van der Waals surface area contributed by atoms with Crippen LogP contribution >= 0.6 is 11.3 Å². The van der Waals surface area contributed by atoms with E-state index in [0.717, 1.165) is 25.7 Å². The predicted molar refractivity (Wildman–Crippen MR) is 68.9 cm³/mol. The average Bonchev–Trinajstić information content (AvgIpc) is 2.85. The first-order valence-corrected chi connectivity index (χ1v) is 7.19. The van der Waals surface area contributed by atoms with Crippen LogP contribution in [-0.4, -0.2) is 19.8 Å². The van der Waals surface area contributed by atoms with Gasteiger partial charge in [-0.05, 0) is 54.1 Å². The summed E-state index contributed by atoms with van der Waals surface area (Å²) in [4.78, 5) is 0. The summed E-state index contributed by atoms with van der Waals surface area (Å²) in [5.74, 6) is 0.745. The predicted octanol–water partition coefficient (Wildman–Crippen LogP) is 3.22. The Labute approximate surface area is 102 Å². The van der Waals surface area contributed by atoms with Crippen molar-refractivity contribution in [2.24, 2.45) is 5.92 Å². The summed E-state index contributed by atoms with van der Waals surface area (Å²) in [5.41, 5.74) is 1.46. The van der Waals surface area contributed by atoms with Crippen LogP contribution in [0, 0.1) is 5.92 Å².